The van der Waals surface area contributed by atoms with Crippen molar-refractivity contribution in [3.63, 3.8) is 0 Å². The predicted octanol–water partition coefficient (Wildman–Crippen LogP) is 7.10. The summed E-state index contributed by atoms with van der Waals surface area (Å²) in [5, 5.41) is 0. The second-order valence-electron chi connectivity index (χ2n) is 7.94. The minimum Gasteiger partial charge on any atom is -0.114 e. The Balaban J connectivity index is 0.00000225. The zero-order chi connectivity index (χ0) is 19.7. The van der Waals surface area contributed by atoms with Crippen molar-refractivity contribution >= 4 is 43.9 Å². The molecule has 0 aliphatic heterocycles. The Morgan fingerprint density at radius 1 is 0.643 bits per heavy atom. The average molecular weight is 503 g/mol. The van der Waals surface area contributed by atoms with E-state index in [2.05, 4.69) is 77.9 Å². The van der Waals surface area contributed by atoms with Crippen LogP contribution in [-0.2, 0) is 35.2 Å². The first-order chi connectivity index (χ1) is 12.6. The van der Waals surface area contributed by atoms with Gasteiger partial charge in [0.1, 0.15) is 9.52 Å². The molecule has 0 saturated heterocycles. The Morgan fingerprint density at radius 2 is 1.00 bits per heavy atom. The molecule has 2 radical (unpaired) electrons. The molecule has 0 fully saturated rings. The van der Waals surface area contributed by atoms with Gasteiger partial charge in [0, 0.05) is 26.2 Å². The molecule has 28 heavy (non-hydrogen) atoms. The normalized spacial score (nSPS) is 25.7. The number of hydrogen-bond acceptors (Lipinski definition) is 0. The first-order valence-corrected chi connectivity index (χ1v) is 11.1. The van der Waals surface area contributed by atoms with Crippen LogP contribution in [-0.4, -0.2) is 9.52 Å². The molecule has 2 aliphatic carbocycles. The van der Waals surface area contributed by atoms with Crippen molar-refractivity contribution in [2.75, 3.05) is 0 Å². The third-order valence-electron chi connectivity index (χ3n) is 6.54. The van der Waals surface area contributed by atoms with Gasteiger partial charge in [0.05, 0.1) is 8.99 Å². The molecular weight excluding hydrogens is 478 g/mol. The van der Waals surface area contributed by atoms with Crippen molar-refractivity contribution in [1.29, 1.82) is 0 Å². The summed E-state index contributed by atoms with van der Waals surface area (Å²) in [4.78, 5) is 0. The fourth-order valence-corrected chi connectivity index (χ4v) is 8.27. The minimum atomic E-state index is -0.555. The van der Waals surface area contributed by atoms with Gasteiger partial charge in [0.15, 0.2) is 0 Å². The number of hydrogen-bond donors (Lipinski definition) is 0. The van der Waals surface area contributed by atoms with Crippen LogP contribution in [0, 0.1) is 13.8 Å². The quantitative estimate of drug-likeness (QED) is 0.303. The van der Waals surface area contributed by atoms with E-state index in [1.54, 1.807) is 0 Å². The Kier molecular flexibility index (Phi) is 5.88. The number of halogens is 2. The van der Waals surface area contributed by atoms with E-state index < -0.39 is 8.99 Å². The maximum absolute atomic E-state index is 7.45. The van der Waals surface area contributed by atoms with E-state index in [1.807, 2.05) is 0 Å². The number of fused-ring (bicyclic) bond motifs is 2. The van der Waals surface area contributed by atoms with Gasteiger partial charge < -0.3 is 0 Å². The summed E-state index contributed by atoms with van der Waals surface area (Å²) >= 11 is 14.9. The molecule has 4 rings (SSSR count). The molecule has 0 N–H and O–H groups in total. The maximum atomic E-state index is 7.45. The standard InChI is InChI=1S/C24H24Cl2Si.Zr/c1-13-9-7-11-19-21(13)15(3)17(5)23(19,25)27-24(26)18(6)16(4)22-14(2)10-8-12-20(22)24;/h7-12H,1-6H3;. The predicted molar refractivity (Wildman–Crippen MR) is 120 cm³/mol. The van der Waals surface area contributed by atoms with Crippen molar-refractivity contribution in [3.05, 3.63) is 80.9 Å². The molecule has 0 spiro atoms. The van der Waals surface area contributed by atoms with E-state index in [0.29, 0.717) is 9.52 Å². The second kappa shape index (κ2) is 7.38. The van der Waals surface area contributed by atoms with Gasteiger partial charge in [-0.25, -0.2) is 0 Å². The smallest absolute Gasteiger partial charge is 0.114 e. The van der Waals surface area contributed by atoms with Gasteiger partial charge in [-0.1, -0.05) is 36.4 Å². The zero-order valence-corrected chi connectivity index (χ0v) is 22.2. The molecule has 0 amide bonds. The van der Waals surface area contributed by atoms with Crippen molar-refractivity contribution in [2.45, 2.75) is 50.5 Å². The molecule has 0 nitrogen and oxygen atoms in total. The fraction of sp³-hybridized carbons (Fsp3) is 0.333. The van der Waals surface area contributed by atoms with Crippen LogP contribution < -0.4 is 0 Å². The first-order valence-electron chi connectivity index (χ1n) is 9.37. The Bertz CT molecular complexity index is 969. The van der Waals surface area contributed by atoms with Crippen LogP contribution in [0.3, 0.4) is 0 Å². The number of allylic oxidation sites excluding steroid dienone is 4. The molecule has 0 heterocycles. The van der Waals surface area contributed by atoms with E-state index in [9.17, 15) is 0 Å². The number of benzene rings is 2. The van der Waals surface area contributed by atoms with Gasteiger partial charge in [-0.05, 0) is 97.2 Å². The SMILES string of the molecule is CC1=C(C)C(Cl)([Si]C2(Cl)C(C)=C(C)c3c(C)cccc32)c2cccc(C)c21.[Zr]. The molecule has 2 atom stereocenters. The van der Waals surface area contributed by atoms with Gasteiger partial charge in [-0.2, -0.15) is 0 Å². The van der Waals surface area contributed by atoms with Crippen LogP contribution in [0.25, 0.3) is 11.1 Å². The molecule has 2 aromatic rings. The molecular formula is C24H24Cl2SiZr. The van der Waals surface area contributed by atoms with Crippen molar-refractivity contribution in [3.8, 4) is 0 Å². The first kappa shape index (κ1) is 22.3. The van der Waals surface area contributed by atoms with Crippen LogP contribution in [0.5, 0.6) is 0 Å². The van der Waals surface area contributed by atoms with Crippen LogP contribution >= 0.6 is 23.2 Å². The monoisotopic (exact) mass is 500 g/mol. The van der Waals surface area contributed by atoms with Gasteiger partial charge >= 0.3 is 0 Å². The van der Waals surface area contributed by atoms with Gasteiger partial charge in [0.2, 0.25) is 0 Å². The molecule has 0 aromatic heterocycles. The maximum Gasteiger partial charge on any atom is 0.118 e. The van der Waals surface area contributed by atoms with E-state index in [4.69, 9.17) is 23.2 Å². The summed E-state index contributed by atoms with van der Waals surface area (Å²) in [6.07, 6.45) is 0. The second-order valence-corrected chi connectivity index (χ2v) is 11.5. The molecule has 2 aromatic carbocycles. The molecule has 2 unspecified atom stereocenters. The van der Waals surface area contributed by atoms with Crippen molar-refractivity contribution in [2.24, 2.45) is 0 Å². The topological polar surface area (TPSA) is 0 Å². The minimum absolute atomic E-state index is 0. The fourth-order valence-electron chi connectivity index (χ4n) is 4.76. The molecule has 0 bridgehead atoms. The molecule has 2 aliphatic rings. The van der Waals surface area contributed by atoms with Crippen LogP contribution in [0.1, 0.15) is 61.1 Å². The summed E-state index contributed by atoms with van der Waals surface area (Å²) in [5.41, 5.74) is 12.7. The average Bonchev–Trinajstić information content (AvgIpc) is 2.93. The number of alkyl halides is 2. The number of aryl methyl sites for hydroxylation is 2. The zero-order valence-electron chi connectivity index (χ0n) is 17.2. The summed E-state index contributed by atoms with van der Waals surface area (Å²) < 4.78 is -1.11. The van der Waals surface area contributed by atoms with Crippen LogP contribution in [0.15, 0.2) is 47.5 Å². The Labute approximate surface area is 200 Å². The third kappa shape index (κ3) is 2.86. The van der Waals surface area contributed by atoms with Crippen LogP contribution in [0.4, 0.5) is 0 Å². The van der Waals surface area contributed by atoms with E-state index >= 15 is 0 Å². The molecule has 4 heteroatoms. The summed E-state index contributed by atoms with van der Waals surface area (Å²) in [6.45, 7) is 13.1. The van der Waals surface area contributed by atoms with Gasteiger partial charge in [-0.15, -0.1) is 23.2 Å². The van der Waals surface area contributed by atoms with E-state index in [1.165, 1.54) is 55.7 Å². The third-order valence-corrected chi connectivity index (χ3v) is 10.1. The largest absolute Gasteiger partial charge is 0.118 e. The van der Waals surface area contributed by atoms with Gasteiger partial charge in [0.25, 0.3) is 0 Å². The van der Waals surface area contributed by atoms with Crippen molar-refractivity contribution < 1.29 is 26.2 Å². The molecule has 0 saturated carbocycles. The Morgan fingerprint density at radius 3 is 1.36 bits per heavy atom. The van der Waals surface area contributed by atoms with Crippen LogP contribution in [0.2, 0.25) is 0 Å². The summed E-state index contributed by atoms with van der Waals surface area (Å²) in [6, 6.07) is 12.9. The Hall–Kier alpha value is -0.400. The van der Waals surface area contributed by atoms with E-state index in [-0.39, 0.29) is 26.2 Å². The summed E-state index contributed by atoms with van der Waals surface area (Å²) in [5.74, 6) is 0. The van der Waals surface area contributed by atoms with Crippen molar-refractivity contribution in [1.82, 2.24) is 0 Å². The number of rotatable bonds is 2. The summed E-state index contributed by atoms with van der Waals surface area (Å²) in [7, 11) is 0.320. The van der Waals surface area contributed by atoms with Gasteiger partial charge in [-0.3, -0.25) is 0 Å². The van der Waals surface area contributed by atoms with E-state index in [0.717, 1.165) is 0 Å². The molecule has 142 valence electrons.